The van der Waals surface area contributed by atoms with Gasteiger partial charge in [-0.05, 0) is 30.7 Å². The highest BCUT2D eigenvalue weighted by atomic mass is 35.5. The summed E-state index contributed by atoms with van der Waals surface area (Å²) in [5.41, 5.74) is 1.11. The Morgan fingerprint density at radius 2 is 1.88 bits per heavy atom. The molecule has 24 heavy (non-hydrogen) atoms. The Kier molecular flexibility index (Phi) is 6.14. The van der Waals surface area contributed by atoms with E-state index in [0.29, 0.717) is 17.8 Å². The Morgan fingerprint density at radius 1 is 1.17 bits per heavy atom. The molecule has 0 saturated heterocycles. The minimum Gasteiger partial charge on any atom is -0.370 e. The number of carbonyl (C=O) groups is 2. The van der Waals surface area contributed by atoms with Crippen LogP contribution in [0.25, 0.3) is 0 Å². The van der Waals surface area contributed by atoms with Gasteiger partial charge in [0.15, 0.2) is 0 Å². The van der Waals surface area contributed by atoms with E-state index >= 15 is 0 Å². The summed E-state index contributed by atoms with van der Waals surface area (Å²) in [5.74, 6) is -1.09. The predicted octanol–water partition coefficient (Wildman–Crippen LogP) is 3.48. The van der Waals surface area contributed by atoms with Crippen molar-refractivity contribution in [1.29, 1.82) is 0 Å². The second-order valence-corrected chi connectivity index (χ2v) is 5.37. The standard InChI is InChI=1S/C17H17ClFN3O2/c1-2-20-17(24)22-16(23)15(11-6-4-3-5-7-11)21-12-8-9-14(19)13(18)10-12/h3-10,15,21H,2H2,1H3,(H2,20,22,23,24)/t15-/m0/s1. The molecule has 0 aliphatic carbocycles. The van der Waals surface area contributed by atoms with Gasteiger partial charge in [0.1, 0.15) is 11.9 Å². The van der Waals surface area contributed by atoms with Gasteiger partial charge < -0.3 is 10.6 Å². The zero-order valence-corrected chi connectivity index (χ0v) is 13.7. The molecule has 2 aromatic rings. The van der Waals surface area contributed by atoms with Gasteiger partial charge in [-0.3, -0.25) is 10.1 Å². The number of amides is 3. The van der Waals surface area contributed by atoms with E-state index in [1.807, 2.05) is 6.07 Å². The van der Waals surface area contributed by atoms with Gasteiger partial charge in [-0.25, -0.2) is 9.18 Å². The van der Waals surface area contributed by atoms with Gasteiger partial charge in [0.05, 0.1) is 5.02 Å². The van der Waals surface area contributed by atoms with E-state index in [-0.39, 0.29) is 5.02 Å². The van der Waals surface area contributed by atoms with Crippen LogP contribution in [0, 0.1) is 5.82 Å². The van der Waals surface area contributed by atoms with Crippen molar-refractivity contribution in [3.8, 4) is 0 Å². The third-order valence-electron chi connectivity index (χ3n) is 3.20. The number of imide groups is 1. The van der Waals surface area contributed by atoms with Crippen LogP contribution in [0.3, 0.4) is 0 Å². The highest BCUT2D eigenvalue weighted by molar-refractivity contribution is 6.31. The Bertz CT molecular complexity index is 725. The molecule has 7 heteroatoms. The molecule has 2 aromatic carbocycles. The van der Waals surface area contributed by atoms with Crippen LogP contribution in [-0.4, -0.2) is 18.5 Å². The molecular formula is C17H17ClFN3O2. The second-order valence-electron chi connectivity index (χ2n) is 4.97. The summed E-state index contributed by atoms with van der Waals surface area (Å²) >= 11 is 5.77. The Morgan fingerprint density at radius 3 is 2.50 bits per heavy atom. The fourth-order valence-corrected chi connectivity index (χ4v) is 2.27. The monoisotopic (exact) mass is 349 g/mol. The molecule has 0 aliphatic rings. The van der Waals surface area contributed by atoms with Crippen LogP contribution in [0.2, 0.25) is 5.02 Å². The predicted molar refractivity (Wildman–Crippen MR) is 91.4 cm³/mol. The first kappa shape index (κ1) is 17.7. The lowest BCUT2D eigenvalue weighted by Gasteiger charge is -2.20. The van der Waals surface area contributed by atoms with E-state index in [1.54, 1.807) is 31.2 Å². The Hall–Kier alpha value is -2.60. The molecule has 0 radical (unpaired) electrons. The van der Waals surface area contributed by atoms with Crippen molar-refractivity contribution in [1.82, 2.24) is 10.6 Å². The molecule has 0 fully saturated rings. The van der Waals surface area contributed by atoms with Crippen LogP contribution in [0.4, 0.5) is 14.9 Å². The van der Waals surface area contributed by atoms with Crippen LogP contribution in [0.1, 0.15) is 18.5 Å². The maximum absolute atomic E-state index is 13.3. The van der Waals surface area contributed by atoms with Crippen molar-refractivity contribution in [2.24, 2.45) is 0 Å². The van der Waals surface area contributed by atoms with Crippen LogP contribution >= 0.6 is 11.6 Å². The van der Waals surface area contributed by atoms with E-state index in [4.69, 9.17) is 11.6 Å². The van der Waals surface area contributed by atoms with E-state index in [1.165, 1.54) is 18.2 Å². The lowest BCUT2D eigenvalue weighted by molar-refractivity contribution is -0.120. The van der Waals surface area contributed by atoms with Crippen molar-refractivity contribution >= 4 is 29.2 Å². The topological polar surface area (TPSA) is 70.2 Å². The fraction of sp³-hybridized carbons (Fsp3) is 0.176. The molecule has 2 rings (SSSR count). The number of hydrogen-bond donors (Lipinski definition) is 3. The molecule has 3 N–H and O–H groups in total. The van der Waals surface area contributed by atoms with Crippen LogP contribution in [0.5, 0.6) is 0 Å². The second kappa shape index (κ2) is 8.31. The Balaban J connectivity index is 2.24. The number of carbonyl (C=O) groups excluding carboxylic acids is 2. The summed E-state index contributed by atoms with van der Waals surface area (Å²) in [4.78, 5) is 24.0. The molecule has 3 amide bonds. The maximum atomic E-state index is 13.3. The molecule has 0 aromatic heterocycles. The summed E-state index contributed by atoms with van der Waals surface area (Å²) in [6.07, 6.45) is 0. The first-order chi connectivity index (χ1) is 11.5. The molecule has 0 saturated carbocycles. The quantitative estimate of drug-likeness (QED) is 0.774. The highest BCUT2D eigenvalue weighted by Crippen LogP contribution is 2.24. The van der Waals surface area contributed by atoms with Gasteiger partial charge in [-0.15, -0.1) is 0 Å². The van der Waals surface area contributed by atoms with Crippen LogP contribution < -0.4 is 16.0 Å². The summed E-state index contributed by atoms with van der Waals surface area (Å²) in [7, 11) is 0. The lowest BCUT2D eigenvalue weighted by atomic mass is 10.1. The van der Waals surface area contributed by atoms with E-state index in [0.717, 1.165) is 0 Å². The average molecular weight is 350 g/mol. The third-order valence-corrected chi connectivity index (χ3v) is 3.49. The Labute approximate surface area is 144 Å². The highest BCUT2D eigenvalue weighted by Gasteiger charge is 2.22. The maximum Gasteiger partial charge on any atom is 0.321 e. The zero-order valence-electron chi connectivity index (χ0n) is 13.0. The minimum absolute atomic E-state index is 0.0593. The first-order valence-corrected chi connectivity index (χ1v) is 7.74. The molecule has 0 unspecified atom stereocenters. The molecule has 0 heterocycles. The van der Waals surface area contributed by atoms with E-state index in [2.05, 4.69) is 16.0 Å². The van der Waals surface area contributed by atoms with Crippen LogP contribution in [0.15, 0.2) is 48.5 Å². The number of anilines is 1. The van der Waals surface area contributed by atoms with Crippen molar-refractivity contribution in [2.75, 3.05) is 11.9 Å². The van der Waals surface area contributed by atoms with Gasteiger partial charge in [-0.1, -0.05) is 41.9 Å². The van der Waals surface area contributed by atoms with Crippen molar-refractivity contribution < 1.29 is 14.0 Å². The molecule has 0 bridgehead atoms. The van der Waals surface area contributed by atoms with E-state index in [9.17, 15) is 14.0 Å². The minimum atomic E-state index is -0.838. The van der Waals surface area contributed by atoms with Crippen LogP contribution in [-0.2, 0) is 4.79 Å². The number of halogens is 2. The molecule has 5 nitrogen and oxygen atoms in total. The number of nitrogens with one attached hydrogen (secondary N) is 3. The number of rotatable bonds is 5. The number of urea groups is 1. The van der Waals surface area contributed by atoms with Gasteiger partial charge in [0.2, 0.25) is 0 Å². The molecule has 0 spiro atoms. The molecule has 0 aliphatic heterocycles. The summed E-state index contributed by atoms with van der Waals surface area (Å²) in [6.45, 7) is 2.15. The first-order valence-electron chi connectivity index (χ1n) is 7.36. The zero-order chi connectivity index (χ0) is 17.5. The van der Waals surface area contributed by atoms with Gasteiger partial charge in [0, 0.05) is 12.2 Å². The SMILES string of the molecule is CCNC(=O)NC(=O)[C@@H](Nc1ccc(F)c(Cl)c1)c1ccccc1. The lowest BCUT2D eigenvalue weighted by Crippen LogP contribution is -2.43. The van der Waals surface area contributed by atoms with Crippen molar-refractivity contribution in [3.63, 3.8) is 0 Å². The summed E-state index contributed by atoms with van der Waals surface area (Å²) < 4.78 is 13.3. The molecule has 126 valence electrons. The van der Waals surface area contributed by atoms with E-state index < -0.39 is 23.8 Å². The molecular weight excluding hydrogens is 333 g/mol. The van der Waals surface area contributed by atoms with Gasteiger partial charge in [-0.2, -0.15) is 0 Å². The largest absolute Gasteiger partial charge is 0.370 e. The number of benzene rings is 2. The average Bonchev–Trinajstić information content (AvgIpc) is 2.56. The smallest absolute Gasteiger partial charge is 0.321 e. The van der Waals surface area contributed by atoms with Gasteiger partial charge >= 0.3 is 6.03 Å². The third kappa shape index (κ3) is 4.70. The molecule has 1 atom stereocenters. The van der Waals surface area contributed by atoms with Gasteiger partial charge in [0.25, 0.3) is 5.91 Å². The fourth-order valence-electron chi connectivity index (χ4n) is 2.09. The van der Waals surface area contributed by atoms with Crippen molar-refractivity contribution in [3.05, 3.63) is 64.9 Å². The number of hydrogen-bond acceptors (Lipinski definition) is 3. The summed E-state index contributed by atoms with van der Waals surface area (Å²) in [6, 6.07) is 11.5. The normalized spacial score (nSPS) is 11.5. The summed E-state index contributed by atoms with van der Waals surface area (Å²) in [5, 5.41) is 7.67. The van der Waals surface area contributed by atoms with Crippen molar-refractivity contribution in [2.45, 2.75) is 13.0 Å².